The standard InChI is InChI=1S/C20H17Cl3N4O3S/c21-15-4-6-16(7-5-15)27-13-14(12-24-27)20(28)25-8-10-26(11-9-25)31(29,30)18-3-1-2-17(22)19(18)23/h1-7,12-13H,8-11H2. The Morgan fingerprint density at radius 2 is 1.61 bits per heavy atom. The fourth-order valence-electron chi connectivity index (χ4n) is 3.30. The Kier molecular flexibility index (Phi) is 6.27. The molecule has 0 aliphatic carbocycles. The third-order valence-electron chi connectivity index (χ3n) is 4.98. The molecule has 0 N–H and O–H groups in total. The molecule has 1 aliphatic heterocycles. The highest BCUT2D eigenvalue weighted by Crippen LogP contribution is 2.31. The highest BCUT2D eigenvalue weighted by molar-refractivity contribution is 7.89. The van der Waals surface area contributed by atoms with Crippen molar-refractivity contribution < 1.29 is 13.2 Å². The Morgan fingerprint density at radius 1 is 0.935 bits per heavy atom. The van der Waals surface area contributed by atoms with Gasteiger partial charge in [0.25, 0.3) is 5.91 Å². The summed E-state index contributed by atoms with van der Waals surface area (Å²) in [7, 11) is -3.81. The summed E-state index contributed by atoms with van der Waals surface area (Å²) in [5.74, 6) is -0.210. The number of hydrogen-bond acceptors (Lipinski definition) is 4. The first-order valence-electron chi connectivity index (χ1n) is 9.31. The maximum Gasteiger partial charge on any atom is 0.257 e. The van der Waals surface area contributed by atoms with Crippen LogP contribution in [-0.4, -0.2) is 59.5 Å². The second kappa shape index (κ2) is 8.80. The van der Waals surface area contributed by atoms with E-state index in [1.165, 1.54) is 22.6 Å². The number of benzene rings is 2. The van der Waals surface area contributed by atoms with Gasteiger partial charge in [0, 0.05) is 37.4 Å². The normalized spacial score (nSPS) is 15.3. The fourth-order valence-corrected chi connectivity index (χ4v) is 5.59. The quantitative estimate of drug-likeness (QED) is 0.544. The first kappa shape index (κ1) is 22.1. The topological polar surface area (TPSA) is 75.5 Å². The van der Waals surface area contributed by atoms with Crippen molar-refractivity contribution in [3.63, 3.8) is 0 Å². The molecule has 162 valence electrons. The molecule has 1 aliphatic rings. The lowest BCUT2D eigenvalue weighted by Gasteiger charge is -2.34. The number of halogens is 3. The lowest BCUT2D eigenvalue weighted by atomic mass is 10.2. The zero-order chi connectivity index (χ0) is 22.2. The molecular formula is C20H17Cl3N4O3S. The lowest BCUT2D eigenvalue weighted by molar-refractivity contribution is 0.0698. The predicted molar refractivity (Wildman–Crippen MR) is 120 cm³/mol. The summed E-state index contributed by atoms with van der Waals surface area (Å²) in [6, 6.07) is 11.6. The van der Waals surface area contributed by atoms with E-state index in [-0.39, 0.29) is 47.0 Å². The second-order valence-electron chi connectivity index (χ2n) is 6.90. The van der Waals surface area contributed by atoms with Crippen LogP contribution in [0.1, 0.15) is 10.4 Å². The van der Waals surface area contributed by atoms with Gasteiger partial charge in [0.05, 0.1) is 27.5 Å². The van der Waals surface area contributed by atoms with Crippen LogP contribution in [0.25, 0.3) is 5.69 Å². The van der Waals surface area contributed by atoms with E-state index in [0.717, 1.165) is 5.69 Å². The maximum absolute atomic E-state index is 12.9. The van der Waals surface area contributed by atoms with E-state index in [0.29, 0.717) is 10.6 Å². The minimum absolute atomic E-state index is 0.00251. The fraction of sp³-hybridized carbons (Fsp3) is 0.200. The molecule has 1 aromatic heterocycles. The highest BCUT2D eigenvalue weighted by atomic mass is 35.5. The molecule has 0 unspecified atom stereocenters. The third kappa shape index (κ3) is 4.44. The van der Waals surface area contributed by atoms with Crippen LogP contribution in [0, 0.1) is 0 Å². The molecule has 0 saturated carbocycles. The van der Waals surface area contributed by atoms with Gasteiger partial charge < -0.3 is 4.90 Å². The zero-order valence-electron chi connectivity index (χ0n) is 16.1. The maximum atomic E-state index is 12.9. The van der Waals surface area contributed by atoms with E-state index >= 15 is 0 Å². The SMILES string of the molecule is O=C(c1cnn(-c2ccc(Cl)cc2)c1)N1CCN(S(=O)(=O)c2cccc(Cl)c2Cl)CC1. The number of nitrogens with zero attached hydrogens (tertiary/aromatic N) is 4. The molecule has 0 atom stereocenters. The Bertz CT molecular complexity index is 1220. The first-order valence-corrected chi connectivity index (χ1v) is 11.9. The van der Waals surface area contributed by atoms with E-state index in [1.54, 1.807) is 46.1 Å². The van der Waals surface area contributed by atoms with Crippen molar-refractivity contribution in [1.82, 2.24) is 19.0 Å². The van der Waals surface area contributed by atoms with Gasteiger partial charge in [-0.2, -0.15) is 9.40 Å². The van der Waals surface area contributed by atoms with Crippen LogP contribution in [-0.2, 0) is 10.0 Å². The average molecular weight is 500 g/mol. The summed E-state index contributed by atoms with van der Waals surface area (Å²) in [5, 5.41) is 5.02. The molecule has 7 nitrogen and oxygen atoms in total. The molecule has 0 radical (unpaired) electrons. The van der Waals surface area contributed by atoms with E-state index in [4.69, 9.17) is 34.8 Å². The third-order valence-corrected chi connectivity index (χ3v) is 8.10. The van der Waals surface area contributed by atoms with Crippen molar-refractivity contribution in [3.05, 3.63) is 75.5 Å². The zero-order valence-corrected chi connectivity index (χ0v) is 19.2. The highest BCUT2D eigenvalue weighted by Gasteiger charge is 2.32. The van der Waals surface area contributed by atoms with Gasteiger partial charge in [-0.05, 0) is 36.4 Å². The molecule has 11 heteroatoms. The van der Waals surface area contributed by atoms with Crippen LogP contribution in [0.3, 0.4) is 0 Å². The number of aromatic nitrogens is 2. The Labute approximate surface area is 194 Å². The number of amides is 1. The Morgan fingerprint density at radius 3 is 2.29 bits per heavy atom. The number of carbonyl (C=O) groups excluding carboxylic acids is 1. The largest absolute Gasteiger partial charge is 0.336 e. The van der Waals surface area contributed by atoms with Gasteiger partial charge >= 0.3 is 0 Å². The van der Waals surface area contributed by atoms with Gasteiger partial charge in [0.2, 0.25) is 10.0 Å². The number of hydrogen-bond donors (Lipinski definition) is 0. The van der Waals surface area contributed by atoms with E-state index in [1.807, 2.05) is 0 Å². The Balaban J connectivity index is 1.45. The molecule has 2 heterocycles. The second-order valence-corrected chi connectivity index (χ2v) is 10.0. The number of carbonyl (C=O) groups is 1. The van der Waals surface area contributed by atoms with Gasteiger partial charge in [-0.25, -0.2) is 13.1 Å². The van der Waals surface area contributed by atoms with Crippen molar-refractivity contribution in [3.8, 4) is 5.69 Å². The lowest BCUT2D eigenvalue weighted by Crippen LogP contribution is -2.50. The predicted octanol–water partition coefficient (Wildman–Crippen LogP) is 3.98. The van der Waals surface area contributed by atoms with Crippen molar-refractivity contribution in [2.45, 2.75) is 4.90 Å². The summed E-state index contributed by atoms with van der Waals surface area (Å²) in [5.41, 5.74) is 1.20. The van der Waals surface area contributed by atoms with E-state index < -0.39 is 10.0 Å². The number of sulfonamides is 1. The van der Waals surface area contributed by atoms with Crippen molar-refractivity contribution in [1.29, 1.82) is 0 Å². The summed E-state index contributed by atoms with van der Waals surface area (Å²) in [6.45, 7) is 0.815. The summed E-state index contributed by atoms with van der Waals surface area (Å²) >= 11 is 18.0. The summed E-state index contributed by atoms with van der Waals surface area (Å²) in [6.07, 6.45) is 3.13. The molecule has 1 fully saturated rings. The Hall–Kier alpha value is -2.10. The smallest absolute Gasteiger partial charge is 0.257 e. The van der Waals surface area contributed by atoms with Crippen LogP contribution in [0.4, 0.5) is 0 Å². The van der Waals surface area contributed by atoms with Gasteiger partial charge in [-0.1, -0.05) is 40.9 Å². The van der Waals surface area contributed by atoms with Gasteiger partial charge in [0.1, 0.15) is 4.90 Å². The molecule has 1 saturated heterocycles. The van der Waals surface area contributed by atoms with E-state index in [9.17, 15) is 13.2 Å². The van der Waals surface area contributed by atoms with Crippen LogP contribution < -0.4 is 0 Å². The van der Waals surface area contributed by atoms with E-state index in [2.05, 4.69) is 5.10 Å². The molecule has 4 rings (SSSR count). The number of piperazine rings is 1. The van der Waals surface area contributed by atoms with Crippen molar-refractivity contribution >= 4 is 50.7 Å². The van der Waals surface area contributed by atoms with Crippen LogP contribution in [0.5, 0.6) is 0 Å². The summed E-state index contributed by atoms with van der Waals surface area (Å²) < 4.78 is 28.8. The van der Waals surface area contributed by atoms with Crippen molar-refractivity contribution in [2.75, 3.05) is 26.2 Å². The molecule has 1 amide bonds. The minimum atomic E-state index is -3.81. The van der Waals surface area contributed by atoms with Crippen molar-refractivity contribution in [2.24, 2.45) is 0 Å². The average Bonchev–Trinajstić information content (AvgIpc) is 3.26. The van der Waals surface area contributed by atoms with Crippen LogP contribution in [0.15, 0.2) is 59.8 Å². The molecule has 2 aromatic carbocycles. The molecule has 0 bridgehead atoms. The van der Waals surface area contributed by atoms with Gasteiger partial charge in [-0.3, -0.25) is 4.79 Å². The summed E-state index contributed by atoms with van der Waals surface area (Å²) in [4.78, 5) is 14.4. The van der Waals surface area contributed by atoms with Crippen LogP contribution in [0.2, 0.25) is 15.1 Å². The molecule has 0 spiro atoms. The molecular weight excluding hydrogens is 483 g/mol. The van der Waals surface area contributed by atoms with Gasteiger partial charge in [-0.15, -0.1) is 0 Å². The monoisotopic (exact) mass is 498 g/mol. The first-order chi connectivity index (χ1) is 14.8. The minimum Gasteiger partial charge on any atom is -0.336 e. The number of rotatable bonds is 4. The van der Waals surface area contributed by atoms with Crippen LogP contribution >= 0.6 is 34.8 Å². The molecule has 31 heavy (non-hydrogen) atoms. The van der Waals surface area contributed by atoms with Gasteiger partial charge in [0.15, 0.2) is 0 Å². The molecule has 3 aromatic rings.